The Bertz CT molecular complexity index is 721. The monoisotopic (exact) mass is 363 g/mol. The van der Waals surface area contributed by atoms with Crippen molar-refractivity contribution in [3.05, 3.63) is 23.6 Å². The number of rotatable bonds is 7. The van der Waals surface area contributed by atoms with Gasteiger partial charge in [0.05, 0.1) is 18.8 Å². The number of aromatic nitrogens is 5. The van der Waals surface area contributed by atoms with Gasteiger partial charge >= 0.3 is 0 Å². The van der Waals surface area contributed by atoms with E-state index < -0.39 is 6.04 Å². The number of carbonyl (C=O) groups excluding carboxylic acids is 1. The average Bonchev–Trinajstić information content (AvgIpc) is 3.30. The van der Waals surface area contributed by atoms with Crippen molar-refractivity contribution in [2.75, 3.05) is 13.7 Å². The van der Waals surface area contributed by atoms with Crippen LogP contribution in [0.25, 0.3) is 0 Å². The van der Waals surface area contributed by atoms with Gasteiger partial charge in [0.2, 0.25) is 5.89 Å². The van der Waals surface area contributed by atoms with Crippen molar-refractivity contribution < 1.29 is 14.1 Å². The number of nitrogens with one attached hydrogen (secondary N) is 1. The Labute approximate surface area is 151 Å². The summed E-state index contributed by atoms with van der Waals surface area (Å²) < 4.78 is 11.9. The molecule has 10 nitrogen and oxygen atoms in total. The van der Waals surface area contributed by atoms with E-state index in [9.17, 15) is 4.79 Å². The van der Waals surface area contributed by atoms with Crippen molar-refractivity contribution in [3.63, 3.8) is 0 Å². The Hall–Kier alpha value is -2.33. The minimum absolute atomic E-state index is 0.251. The van der Waals surface area contributed by atoms with Crippen LogP contribution in [0.1, 0.15) is 66.9 Å². The molecule has 10 heteroatoms. The summed E-state index contributed by atoms with van der Waals surface area (Å²) in [6.45, 7) is 2.29. The average molecular weight is 363 g/mol. The quantitative estimate of drug-likeness (QED) is 0.737. The first-order chi connectivity index (χ1) is 12.6. The number of nitrogens with two attached hydrogens (primary N) is 1. The summed E-state index contributed by atoms with van der Waals surface area (Å²) in [6, 6.07) is 0.0891. The summed E-state index contributed by atoms with van der Waals surface area (Å²) in [4.78, 5) is 16.7. The minimum atomic E-state index is -0.427. The van der Waals surface area contributed by atoms with Gasteiger partial charge in [-0.1, -0.05) is 10.4 Å². The topological polar surface area (TPSA) is 134 Å². The Morgan fingerprint density at radius 2 is 2.23 bits per heavy atom. The number of nitrogens with zero attached hydrogens (tertiary/aromatic N) is 5. The molecule has 3 N–H and O–H groups in total. The maximum atomic E-state index is 12.4. The molecule has 1 saturated carbocycles. The van der Waals surface area contributed by atoms with Crippen molar-refractivity contribution in [2.24, 2.45) is 5.73 Å². The molecule has 0 bridgehead atoms. The normalized spacial score (nSPS) is 21.5. The summed E-state index contributed by atoms with van der Waals surface area (Å²) in [6.07, 6.45) is 6.07. The second-order valence-corrected chi connectivity index (χ2v) is 6.64. The maximum Gasteiger partial charge on any atom is 0.274 e. The van der Waals surface area contributed by atoms with E-state index in [4.69, 9.17) is 15.0 Å². The van der Waals surface area contributed by atoms with Gasteiger partial charge in [0, 0.05) is 19.6 Å². The van der Waals surface area contributed by atoms with Crippen LogP contribution < -0.4 is 11.1 Å². The first-order valence-corrected chi connectivity index (χ1v) is 8.86. The number of ether oxygens (including phenoxy) is 1. The van der Waals surface area contributed by atoms with Crippen LogP contribution in [-0.4, -0.2) is 50.8 Å². The molecule has 2 aromatic rings. The minimum Gasteiger partial charge on any atom is -0.384 e. The second-order valence-electron chi connectivity index (χ2n) is 6.64. The number of hydrogen-bond acceptors (Lipinski definition) is 8. The van der Waals surface area contributed by atoms with Gasteiger partial charge in [0.25, 0.3) is 5.91 Å². The number of amides is 1. The van der Waals surface area contributed by atoms with Gasteiger partial charge in [-0.2, -0.15) is 4.98 Å². The molecular formula is C16H25N7O3. The van der Waals surface area contributed by atoms with Crippen LogP contribution in [-0.2, 0) is 11.2 Å². The van der Waals surface area contributed by atoms with Gasteiger partial charge in [0.1, 0.15) is 6.04 Å². The lowest BCUT2D eigenvalue weighted by atomic mass is 9.92. The van der Waals surface area contributed by atoms with E-state index in [1.54, 1.807) is 24.9 Å². The molecule has 0 unspecified atom stereocenters. The van der Waals surface area contributed by atoms with Gasteiger partial charge in [-0.25, -0.2) is 4.68 Å². The molecule has 2 heterocycles. The largest absolute Gasteiger partial charge is 0.384 e. The van der Waals surface area contributed by atoms with Crippen molar-refractivity contribution in [2.45, 2.75) is 57.2 Å². The Morgan fingerprint density at radius 1 is 1.46 bits per heavy atom. The molecule has 26 heavy (non-hydrogen) atoms. The molecule has 2 aromatic heterocycles. The molecule has 0 spiro atoms. The van der Waals surface area contributed by atoms with Gasteiger partial charge in [-0.05, 0) is 32.6 Å². The van der Waals surface area contributed by atoms with Gasteiger partial charge in [-0.15, -0.1) is 5.10 Å². The van der Waals surface area contributed by atoms with E-state index in [-0.39, 0.29) is 23.7 Å². The highest BCUT2D eigenvalue weighted by molar-refractivity contribution is 5.92. The van der Waals surface area contributed by atoms with E-state index in [2.05, 4.69) is 25.8 Å². The summed E-state index contributed by atoms with van der Waals surface area (Å²) in [5, 5.41) is 14.8. The van der Waals surface area contributed by atoms with E-state index in [1.807, 2.05) is 0 Å². The van der Waals surface area contributed by atoms with Gasteiger partial charge < -0.3 is 20.3 Å². The van der Waals surface area contributed by atoms with Crippen LogP contribution >= 0.6 is 0 Å². The molecule has 0 aromatic carbocycles. The predicted molar refractivity (Wildman–Crippen MR) is 91.3 cm³/mol. The van der Waals surface area contributed by atoms with Crippen LogP contribution in [0.15, 0.2) is 10.7 Å². The van der Waals surface area contributed by atoms with E-state index in [0.29, 0.717) is 24.7 Å². The van der Waals surface area contributed by atoms with Gasteiger partial charge in [-0.3, -0.25) is 4.79 Å². The number of hydrogen-bond donors (Lipinski definition) is 2. The zero-order chi connectivity index (χ0) is 18.5. The molecule has 142 valence electrons. The van der Waals surface area contributed by atoms with Gasteiger partial charge in [0.15, 0.2) is 11.5 Å². The molecule has 1 amide bonds. The smallest absolute Gasteiger partial charge is 0.274 e. The molecular weight excluding hydrogens is 338 g/mol. The van der Waals surface area contributed by atoms with Crippen LogP contribution in [0.5, 0.6) is 0 Å². The highest BCUT2D eigenvalue weighted by atomic mass is 16.5. The van der Waals surface area contributed by atoms with E-state index >= 15 is 0 Å². The molecule has 0 aliphatic heterocycles. The van der Waals surface area contributed by atoms with Crippen LogP contribution in [0, 0.1) is 0 Å². The summed E-state index contributed by atoms with van der Waals surface area (Å²) >= 11 is 0. The number of methoxy groups -OCH3 is 1. The van der Waals surface area contributed by atoms with Crippen molar-refractivity contribution in [3.8, 4) is 0 Å². The first kappa shape index (κ1) is 18.5. The lowest BCUT2D eigenvalue weighted by Crippen LogP contribution is -2.28. The summed E-state index contributed by atoms with van der Waals surface area (Å²) in [7, 11) is 1.61. The standard InChI is InChI=1S/C16H25N7O3/c1-10(16-19-14(21-26-16)7-8-25-2)18-15(24)13-9-23(22-20-13)12-5-3-11(17)4-6-12/h9-12H,3-8,17H2,1-2H3,(H,18,24)/t10-,11?,12?/m1/s1. The van der Waals surface area contributed by atoms with Crippen LogP contribution in [0.4, 0.5) is 0 Å². The van der Waals surface area contributed by atoms with E-state index in [1.165, 1.54) is 0 Å². The third kappa shape index (κ3) is 4.44. The number of carbonyl (C=O) groups is 1. The molecule has 1 aliphatic carbocycles. The Balaban J connectivity index is 1.57. The highest BCUT2D eigenvalue weighted by Crippen LogP contribution is 2.26. The molecule has 1 fully saturated rings. The van der Waals surface area contributed by atoms with Crippen molar-refractivity contribution in [1.82, 2.24) is 30.5 Å². The van der Waals surface area contributed by atoms with Crippen LogP contribution in [0.3, 0.4) is 0 Å². The predicted octanol–water partition coefficient (Wildman–Crippen LogP) is 0.783. The summed E-state index contributed by atoms with van der Waals surface area (Å²) in [5.41, 5.74) is 6.20. The van der Waals surface area contributed by atoms with Crippen molar-refractivity contribution in [1.29, 1.82) is 0 Å². The zero-order valence-corrected chi connectivity index (χ0v) is 15.1. The Morgan fingerprint density at radius 3 is 2.96 bits per heavy atom. The maximum absolute atomic E-state index is 12.4. The highest BCUT2D eigenvalue weighted by Gasteiger charge is 2.23. The lowest BCUT2D eigenvalue weighted by Gasteiger charge is -2.25. The molecule has 1 aliphatic rings. The fourth-order valence-corrected chi connectivity index (χ4v) is 3.00. The lowest BCUT2D eigenvalue weighted by molar-refractivity contribution is 0.0927. The second kappa shape index (κ2) is 8.37. The zero-order valence-electron chi connectivity index (χ0n) is 15.1. The molecule has 0 saturated heterocycles. The fraction of sp³-hybridized carbons (Fsp3) is 0.688. The summed E-state index contributed by atoms with van der Waals surface area (Å²) in [5.74, 6) is 0.565. The third-order valence-electron chi connectivity index (χ3n) is 4.59. The van der Waals surface area contributed by atoms with Crippen LogP contribution in [0.2, 0.25) is 0 Å². The van der Waals surface area contributed by atoms with E-state index in [0.717, 1.165) is 25.7 Å². The fourth-order valence-electron chi connectivity index (χ4n) is 3.00. The first-order valence-electron chi connectivity index (χ1n) is 8.86. The SMILES string of the molecule is COCCc1noc([C@@H](C)NC(=O)c2cn(C3CCC(N)CC3)nn2)n1. The van der Waals surface area contributed by atoms with Crippen molar-refractivity contribution >= 4 is 5.91 Å². The Kier molecular flexibility index (Phi) is 5.94. The molecule has 0 radical (unpaired) electrons. The third-order valence-corrected chi connectivity index (χ3v) is 4.59. The molecule has 1 atom stereocenters. The molecule has 3 rings (SSSR count).